The first-order valence-electron chi connectivity index (χ1n) is 33.0. The van der Waals surface area contributed by atoms with Crippen molar-refractivity contribution in [1.82, 2.24) is 0 Å². The summed E-state index contributed by atoms with van der Waals surface area (Å²) >= 11 is 0. The smallest absolute Gasteiger partial charge is 0.462 e. The standard InChI is InChI=1S/C63H122O17P2/c1-7-10-12-14-16-18-19-20-21-22-24-26-35-41-47-62(67)79-58(52-74-61(66)46-40-34-30-28-32-38-44-56(6)9-3)53-77-81(69,70)75-49-57(64)50-76-82(71,72)78-54-59(80-63(68)48-42-36-29-27-31-37-43-55(4)5)51-73-60(65)45-39-33-25-23-17-15-13-11-8-2/h55-59,64H,7-54H2,1-6H3,(H,69,70)(H,71,72)/t56?,57-,58-,59-/m1/s1. The van der Waals surface area contributed by atoms with Crippen molar-refractivity contribution in [2.45, 2.75) is 330 Å². The maximum atomic E-state index is 13.0. The third-order valence-corrected chi connectivity index (χ3v) is 16.7. The van der Waals surface area contributed by atoms with Crippen LogP contribution in [0.1, 0.15) is 311 Å². The summed E-state index contributed by atoms with van der Waals surface area (Å²) in [5, 5.41) is 10.5. The highest BCUT2D eigenvalue weighted by molar-refractivity contribution is 7.47. The molecule has 0 radical (unpaired) electrons. The van der Waals surface area contributed by atoms with E-state index in [1.807, 2.05) is 0 Å². The van der Waals surface area contributed by atoms with E-state index in [-0.39, 0.29) is 25.7 Å². The fourth-order valence-corrected chi connectivity index (χ4v) is 10.9. The molecule has 3 N–H and O–H groups in total. The van der Waals surface area contributed by atoms with Crippen molar-refractivity contribution in [2.24, 2.45) is 11.8 Å². The Balaban J connectivity index is 5.23. The molecule has 6 atom stereocenters. The third-order valence-electron chi connectivity index (χ3n) is 14.8. The van der Waals surface area contributed by atoms with Gasteiger partial charge in [-0.2, -0.15) is 0 Å². The molecule has 0 saturated heterocycles. The first-order chi connectivity index (χ1) is 39.4. The molecule has 0 bridgehead atoms. The van der Waals surface area contributed by atoms with Crippen molar-refractivity contribution >= 4 is 39.5 Å². The first kappa shape index (κ1) is 80.1. The van der Waals surface area contributed by atoms with Crippen LogP contribution < -0.4 is 0 Å². The van der Waals surface area contributed by atoms with Gasteiger partial charge in [-0.1, -0.05) is 260 Å². The van der Waals surface area contributed by atoms with Crippen LogP contribution in [0, 0.1) is 11.8 Å². The topological polar surface area (TPSA) is 237 Å². The molecule has 19 heteroatoms. The lowest BCUT2D eigenvalue weighted by Crippen LogP contribution is -2.30. The van der Waals surface area contributed by atoms with Crippen molar-refractivity contribution in [3.63, 3.8) is 0 Å². The number of hydrogen-bond donors (Lipinski definition) is 3. The highest BCUT2D eigenvalue weighted by Crippen LogP contribution is 2.45. The molecule has 0 saturated carbocycles. The summed E-state index contributed by atoms with van der Waals surface area (Å²) in [6.45, 7) is 9.34. The fourth-order valence-electron chi connectivity index (χ4n) is 9.32. The fraction of sp³-hybridized carbons (Fsp3) is 0.937. The molecule has 0 aliphatic rings. The molecule has 0 aromatic carbocycles. The van der Waals surface area contributed by atoms with E-state index in [0.29, 0.717) is 31.6 Å². The zero-order valence-corrected chi connectivity index (χ0v) is 54.6. The zero-order chi connectivity index (χ0) is 60.8. The maximum Gasteiger partial charge on any atom is 0.472 e. The summed E-state index contributed by atoms with van der Waals surface area (Å²) in [4.78, 5) is 72.1. The third kappa shape index (κ3) is 55.9. The molecule has 0 spiro atoms. The van der Waals surface area contributed by atoms with Gasteiger partial charge in [0.2, 0.25) is 0 Å². The molecule has 486 valence electrons. The van der Waals surface area contributed by atoms with Gasteiger partial charge < -0.3 is 33.8 Å². The van der Waals surface area contributed by atoms with Gasteiger partial charge in [-0.05, 0) is 37.5 Å². The van der Waals surface area contributed by atoms with E-state index in [1.165, 1.54) is 122 Å². The predicted molar refractivity (Wildman–Crippen MR) is 326 cm³/mol. The minimum atomic E-state index is -4.94. The number of carbonyl (C=O) groups is 4. The second kappa shape index (κ2) is 55.6. The number of unbranched alkanes of at least 4 members (excludes halogenated alkanes) is 31. The second-order valence-electron chi connectivity index (χ2n) is 23.5. The number of phosphoric acid groups is 2. The lowest BCUT2D eigenvalue weighted by molar-refractivity contribution is -0.161. The highest BCUT2D eigenvalue weighted by atomic mass is 31.2. The van der Waals surface area contributed by atoms with Crippen LogP contribution >= 0.6 is 15.6 Å². The highest BCUT2D eigenvalue weighted by Gasteiger charge is 2.30. The Labute approximate surface area is 498 Å². The Morgan fingerprint density at radius 1 is 0.354 bits per heavy atom. The van der Waals surface area contributed by atoms with Gasteiger partial charge >= 0.3 is 39.5 Å². The number of aliphatic hydroxyl groups is 1. The van der Waals surface area contributed by atoms with Gasteiger partial charge in [0.15, 0.2) is 12.2 Å². The average molecular weight is 1210 g/mol. The van der Waals surface area contributed by atoms with E-state index in [9.17, 15) is 43.2 Å². The molecule has 0 aromatic rings. The van der Waals surface area contributed by atoms with Crippen molar-refractivity contribution in [3.8, 4) is 0 Å². The van der Waals surface area contributed by atoms with E-state index in [2.05, 4.69) is 41.5 Å². The van der Waals surface area contributed by atoms with Gasteiger partial charge in [-0.3, -0.25) is 37.3 Å². The summed E-state index contributed by atoms with van der Waals surface area (Å²) in [6.07, 6.45) is 37.7. The number of rotatable bonds is 62. The molecule has 0 aliphatic heterocycles. The molecule has 0 rings (SSSR count). The molecule has 0 aliphatic carbocycles. The van der Waals surface area contributed by atoms with Crippen molar-refractivity contribution in [2.75, 3.05) is 39.6 Å². The minimum absolute atomic E-state index is 0.102. The van der Waals surface area contributed by atoms with E-state index >= 15 is 0 Å². The average Bonchev–Trinajstić information content (AvgIpc) is 3.46. The summed E-state index contributed by atoms with van der Waals surface area (Å²) in [5.41, 5.74) is 0. The lowest BCUT2D eigenvalue weighted by atomic mass is 10.00. The molecule has 3 unspecified atom stereocenters. The van der Waals surface area contributed by atoms with Gasteiger partial charge in [0.1, 0.15) is 19.3 Å². The predicted octanol–water partition coefficient (Wildman–Crippen LogP) is 17.3. The minimum Gasteiger partial charge on any atom is -0.462 e. The summed E-state index contributed by atoms with van der Waals surface area (Å²) < 4.78 is 67.9. The SMILES string of the molecule is CCCCCCCCCCCCCCCCC(=O)O[C@H](COC(=O)CCCCCCCCC(C)CC)COP(=O)(O)OC[C@@H](O)COP(=O)(O)OC[C@@H](COC(=O)CCCCCCCCCCC)OC(=O)CCCCCCCCC(C)C. The van der Waals surface area contributed by atoms with Crippen LogP contribution in [0.5, 0.6) is 0 Å². The zero-order valence-electron chi connectivity index (χ0n) is 52.8. The number of ether oxygens (including phenoxy) is 4. The Kier molecular flexibility index (Phi) is 54.3. The van der Waals surface area contributed by atoms with E-state index in [1.54, 1.807) is 0 Å². The maximum absolute atomic E-state index is 13.0. The summed E-state index contributed by atoms with van der Waals surface area (Å²) in [5.74, 6) is -0.739. The second-order valence-corrected chi connectivity index (χ2v) is 26.4. The van der Waals surface area contributed by atoms with Gasteiger partial charge in [-0.15, -0.1) is 0 Å². The van der Waals surface area contributed by atoms with Crippen LogP contribution in [-0.4, -0.2) is 96.7 Å². The molecule has 82 heavy (non-hydrogen) atoms. The van der Waals surface area contributed by atoms with Gasteiger partial charge in [0, 0.05) is 25.7 Å². The van der Waals surface area contributed by atoms with E-state index in [0.717, 1.165) is 102 Å². The van der Waals surface area contributed by atoms with Gasteiger partial charge in [0.05, 0.1) is 26.4 Å². The van der Waals surface area contributed by atoms with Crippen LogP contribution in [-0.2, 0) is 65.4 Å². The molecule has 0 heterocycles. The van der Waals surface area contributed by atoms with Crippen LogP contribution in [0.3, 0.4) is 0 Å². The van der Waals surface area contributed by atoms with Gasteiger partial charge in [-0.25, -0.2) is 9.13 Å². The molecular formula is C63H122O17P2. The van der Waals surface area contributed by atoms with Crippen molar-refractivity contribution < 1.29 is 80.2 Å². The van der Waals surface area contributed by atoms with Crippen LogP contribution in [0.25, 0.3) is 0 Å². The van der Waals surface area contributed by atoms with Crippen molar-refractivity contribution in [3.05, 3.63) is 0 Å². The Morgan fingerprint density at radius 2 is 0.622 bits per heavy atom. The van der Waals surface area contributed by atoms with E-state index in [4.69, 9.17) is 37.0 Å². The molecule has 0 aromatic heterocycles. The number of carbonyl (C=O) groups excluding carboxylic acids is 4. The lowest BCUT2D eigenvalue weighted by Gasteiger charge is -2.21. The normalized spacial score (nSPS) is 14.7. The quantitative estimate of drug-likeness (QED) is 0.0222. The van der Waals surface area contributed by atoms with Crippen LogP contribution in [0.2, 0.25) is 0 Å². The van der Waals surface area contributed by atoms with Crippen molar-refractivity contribution in [1.29, 1.82) is 0 Å². The summed E-state index contributed by atoms with van der Waals surface area (Å²) in [7, 11) is -9.88. The van der Waals surface area contributed by atoms with E-state index < -0.39 is 97.5 Å². The number of hydrogen-bond acceptors (Lipinski definition) is 15. The monoisotopic (exact) mass is 1210 g/mol. The molecule has 0 amide bonds. The largest absolute Gasteiger partial charge is 0.472 e. The first-order valence-corrected chi connectivity index (χ1v) is 36.0. The number of phosphoric ester groups is 2. The Morgan fingerprint density at radius 3 is 0.927 bits per heavy atom. The molecular weight excluding hydrogens is 1090 g/mol. The molecule has 17 nitrogen and oxygen atoms in total. The Bertz CT molecular complexity index is 1620. The van der Waals surface area contributed by atoms with Crippen LogP contribution in [0.15, 0.2) is 0 Å². The summed E-state index contributed by atoms with van der Waals surface area (Å²) in [6, 6.07) is 0. The van der Waals surface area contributed by atoms with Gasteiger partial charge in [0.25, 0.3) is 0 Å². The number of esters is 4. The van der Waals surface area contributed by atoms with Crippen LogP contribution in [0.4, 0.5) is 0 Å². The number of aliphatic hydroxyl groups excluding tert-OH is 1. The Hall–Kier alpha value is -1.94. The molecule has 0 fully saturated rings.